The minimum Gasteiger partial charge on any atom is -0.472 e. The van der Waals surface area contributed by atoms with Crippen LogP contribution in [0.2, 0.25) is 0 Å². The Bertz CT molecular complexity index is 715. The van der Waals surface area contributed by atoms with Crippen LogP contribution in [-0.2, 0) is 0 Å². The normalized spacial score (nSPS) is 10.2. The van der Waals surface area contributed by atoms with Crippen LogP contribution in [0.1, 0.15) is 20.7 Å². The van der Waals surface area contributed by atoms with Gasteiger partial charge < -0.3 is 19.5 Å². The van der Waals surface area contributed by atoms with Crippen molar-refractivity contribution in [3.8, 4) is 0 Å². The zero-order valence-electron chi connectivity index (χ0n) is 11.3. The molecule has 2 N–H and O–H groups in total. The summed E-state index contributed by atoms with van der Waals surface area (Å²) in [5.74, 6) is -0.0634. The molecule has 7 heteroatoms. The summed E-state index contributed by atoms with van der Waals surface area (Å²) in [4.78, 5) is 27.9. The molecule has 0 aliphatic carbocycles. The Balaban J connectivity index is 1.70. The molecular weight excluding hydrogens is 286 g/mol. The highest BCUT2D eigenvalue weighted by atomic mass is 16.3. The van der Waals surface area contributed by atoms with E-state index in [9.17, 15) is 9.59 Å². The first-order chi connectivity index (χ1) is 10.7. The second kappa shape index (κ2) is 5.96. The molecule has 3 aromatic rings. The molecule has 3 heterocycles. The van der Waals surface area contributed by atoms with Crippen LogP contribution in [-0.4, -0.2) is 16.8 Å². The van der Waals surface area contributed by atoms with E-state index in [0.717, 1.165) is 0 Å². The fraction of sp³-hybridized carbons (Fsp3) is 0. The number of carbonyl (C=O) groups is 2. The van der Waals surface area contributed by atoms with Gasteiger partial charge in [-0.1, -0.05) is 6.07 Å². The molecule has 0 radical (unpaired) electrons. The van der Waals surface area contributed by atoms with E-state index in [-0.39, 0.29) is 11.8 Å². The average molecular weight is 297 g/mol. The summed E-state index contributed by atoms with van der Waals surface area (Å²) in [6.45, 7) is 0. The average Bonchev–Trinajstić information content (AvgIpc) is 3.21. The van der Waals surface area contributed by atoms with Crippen LogP contribution in [0.4, 0.5) is 11.6 Å². The zero-order chi connectivity index (χ0) is 15.4. The fourth-order valence-corrected chi connectivity index (χ4v) is 1.74. The van der Waals surface area contributed by atoms with Gasteiger partial charge in [0.2, 0.25) is 0 Å². The van der Waals surface area contributed by atoms with E-state index in [1.165, 1.54) is 25.1 Å². The maximum Gasteiger partial charge on any atom is 0.260 e. The topological polar surface area (TPSA) is 97.4 Å². The standard InChI is InChI=1S/C15H11N3O4/c19-14(10-4-6-21-8-10)17-12-2-1-3-13(16-12)18-15(20)11-5-7-22-9-11/h1-9H,(H2,16,17,18,19,20). The lowest BCUT2D eigenvalue weighted by Crippen LogP contribution is -2.15. The lowest BCUT2D eigenvalue weighted by molar-refractivity contribution is 0.101. The summed E-state index contributed by atoms with van der Waals surface area (Å²) in [7, 11) is 0. The van der Waals surface area contributed by atoms with Crippen LogP contribution >= 0.6 is 0 Å². The van der Waals surface area contributed by atoms with Crippen molar-refractivity contribution >= 4 is 23.5 Å². The van der Waals surface area contributed by atoms with Crippen molar-refractivity contribution in [3.63, 3.8) is 0 Å². The number of pyridine rings is 1. The van der Waals surface area contributed by atoms with Gasteiger partial charge in [-0.25, -0.2) is 4.98 Å². The third kappa shape index (κ3) is 3.04. The Morgan fingerprint density at radius 1 is 0.818 bits per heavy atom. The Morgan fingerprint density at radius 3 is 1.73 bits per heavy atom. The molecule has 0 unspecified atom stereocenters. The van der Waals surface area contributed by atoms with Crippen molar-refractivity contribution in [1.29, 1.82) is 0 Å². The van der Waals surface area contributed by atoms with Gasteiger partial charge in [-0.2, -0.15) is 0 Å². The molecule has 0 atom stereocenters. The van der Waals surface area contributed by atoms with Crippen molar-refractivity contribution < 1.29 is 18.4 Å². The van der Waals surface area contributed by atoms with Gasteiger partial charge in [0, 0.05) is 0 Å². The third-order valence-electron chi connectivity index (χ3n) is 2.80. The Morgan fingerprint density at radius 2 is 1.32 bits per heavy atom. The van der Waals surface area contributed by atoms with Gasteiger partial charge in [0.1, 0.15) is 24.2 Å². The number of carbonyl (C=O) groups excluding carboxylic acids is 2. The monoisotopic (exact) mass is 297 g/mol. The molecule has 0 saturated heterocycles. The largest absolute Gasteiger partial charge is 0.472 e. The number of amides is 2. The minimum absolute atomic E-state index is 0.316. The summed E-state index contributed by atoms with van der Waals surface area (Å²) >= 11 is 0. The van der Waals surface area contributed by atoms with Crippen LogP contribution in [0.25, 0.3) is 0 Å². The molecule has 2 amide bonds. The van der Waals surface area contributed by atoms with E-state index in [1.54, 1.807) is 30.3 Å². The molecule has 3 rings (SSSR count). The van der Waals surface area contributed by atoms with E-state index in [0.29, 0.717) is 22.8 Å². The minimum atomic E-state index is -0.348. The first-order valence-electron chi connectivity index (χ1n) is 6.36. The number of furan rings is 2. The summed E-state index contributed by atoms with van der Waals surface area (Å²) in [6.07, 6.45) is 5.48. The number of anilines is 2. The zero-order valence-corrected chi connectivity index (χ0v) is 11.3. The first kappa shape index (κ1) is 13.6. The van der Waals surface area contributed by atoms with Crippen molar-refractivity contribution in [1.82, 2.24) is 4.98 Å². The number of aromatic nitrogens is 1. The molecule has 110 valence electrons. The number of nitrogens with one attached hydrogen (secondary N) is 2. The van der Waals surface area contributed by atoms with Crippen molar-refractivity contribution in [2.24, 2.45) is 0 Å². The van der Waals surface area contributed by atoms with Gasteiger partial charge in [0.25, 0.3) is 11.8 Å². The second-order valence-corrected chi connectivity index (χ2v) is 4.34. The van der Waals surface area contributed by atoms with E-state index < -0.39 is 0 Å². The summed E-state index contributed by atoms with van der Waals surface area (Å²) in [5, 5.41) is 5.23. The highest BCUT2D eigenvalue weighted by molar-refractivity contribution is 6.05. The molecular formula is C15H11N3O4. The Kier molecular flexibility index (Phi) is 3.69. The maximum atomic E-state index is 11.9. The Hall–Kier alpha value is -3.35. The van der Waals surface area contributed by atoms with Gasteiger partial charge in [-0.15, -0.1) is 0 Å². The molecule has 3 aromatic heterocycles. The summed E-state index contributed by atoms with van der Waals surface area (Å²) in [6, 6.07) is 7.99. The lowest BCUT2D eigenvalue weighted by atomic mass is 10.3. The van der Waals surface area contributed by atoms with Gasteiger partial charge in [-0.3, -0.25) is 9.59 Å². The molecule has 7 nitrogen and oxygen atoms in total. The van der Waals surface area contributed by atoms with Crippen LogP contribution < -0.4 is 10.6 Å². The molecule has 0 bridgehead atoms. The predicted molar refractivity (Wildman–Crippen MR) is 77.6 cm³/mol. The van der Waals surface area contributed by atoms with Crippen molar-refractivity contribution in [2.45, 2.75) is 0 Å². The van der Waals surface area contributed by atoms with Gasteiger partial charge >= 0.3 is 0 Å². The first-order valence-corrected chi connectivity index (χ1v) is 6.36. The number of rotatable bonds is 4. The van der Waals surface area contributed by atoms with Crippen molar-refractivity contribution in [2.75, 3.05) is 10.6 Å². The highest BCUT2D eigenvalue weighted by Gasteiger charge is 2.10. The van der Waals surface area contributed by atoms with Crippen LogP contribution in [0.5, 0.6) is 0 Å². The maximum absolute atomic E-state index is 11.9. The number of hydrogen-bond donors (Lipinski definition) is 2. The second-order valence-electron chi connectivity index (χ2n) is 4.34. The Labute approximate surface area is 125 Å². The van der Waals surface area contributed by atoms with Crippen LogP contribution in [0.3, 0.4) is 0 Å². The molecule has 0 saturated carbocycles. The summed E-state index contributed by atoms with van der Waals surface area (Å²) in [5.41, 5.74) is 0.768. The molecule has 0 aliphatic heterocycles. The number of hydrogen-bond acceptors (Lipinski definition) is 5. The van der Waals surface area contributed by atoms with Gasteiger partial charge in [-0.05, 0) is 24.3 Å². The predicted octanol–water partition coefficient (Wildman–Crippen LogP) is 2.77. The highest BCUT2D eigenvalue weighted by Crippen LogP contribution is 2.12. The van der Waals surface area contributed by atoms with E-state index in [4.69, 9.17) is 8.83 Å². The molecule has 0 aromatic carbocycles. The summed E-state index contributed by atoms with van der Waals surface area (Å²) < 4.78 is 9.69. The quantitative estimate of drug-likeness (QED) is 0.771. The van der Waals surface area contributed by atoms with E-state index >= 15 is 0 Å². The SMILES string of the molecule is O=C(Nc1cccc(NC(=O)c2ccoc2)n1)c1ccoc1. The van der Waals surface area contributed by atoms with E-state index in [2.05, 4.69) is 15.6 Å². The molecule has 0 spiro atoms. The lowest BCUT2D eigenvalue weighted by Gasteiger charge is -2.06. The van der Waals surface area contributed by atoms with Gasteiger partial charge in [0.05, 0.1) is 23.7 Å². The fourth-order valence-electron chi connectivity index (χ4n) is 1.74. The van der Waals surface area contributed by atoms with Crippen molar-refractivity contribution in [3.05, 3.63) is 66.5 Å². The van der Waals surface area contributed by atoms with Gasteiger partial charge in [0.15, 0.2) is 0 Å². The number of nitrogens with zero attached hydrogens (tertiary/aromatic N) is 1. The van der Waals surface area contributed by atoms with E-state index in [1.807, 2.05) is 0 Å². The smallest absolute Gasteiger partial charge is 0.260 e. The molecule has 0 fully saturated rings. The molecule has 22 heavy (non-hydrogen) atoms. The van der Waals surface area contributed by atoms with Crippen LogP contribution in [0, 0.1) is 0 Å². The molecule has 0 aliphatic rings. The van der Waals surface area contributed by atoms with Crippen LogP contribution in [0.15, 0.2) is 64.2 Å². The third-order valence-corrected chi connectivity index (χ3v) is 2.80.